The molecule has 0 N–H and O–H groups in total. The van der Waals surface area contributed by atoms with E-state index in [0.29, 0.717) is 5.75 Å². The average Bonchev–Trinajstić information content (AvgIpc) is 2.99. The molecule has 1 unspecified atom stereocenters. The van der Waals surface area contributed by atoms with Gasteiger partial charge in [-0.05, 0) is 25.8 Å². The molecule has 0 aromatic carbocycles. The van der Waals surface area contributed by atoms with Crippen LogP contribution >= 0.6 is 11.8 Å². The molecule has 0 amide bonds. The van der Waals surface area contributed by atoms with Gasteiger partial charge < -0.3 is 9.53 Å². The number of esters is 1. The minimum absolute atomic E-state index is 0.00113. The molecular formula is C10H14O3S. The van der Waals surface area contributed by atoms with Crippen molar-refractivity contribution < 1.29 is 14.3 Å². The third-order valence-corrected chi connectivity index (χ3v) is 2.86. The number of ether oxygens (including phenoxy) is 1. The molecule has 0 aromatic heterocycles. The van der Waals surface area contributed by atoms with Crippen molar-refractivity contribution in [3.63, 3.8) is 0 Å². The first-order valence-corrected chi connectivity index (χ1v) is 5.71. The number of rotatable bonds is 6. The van der Waals surface area contributed by atoms with E-state index in [4.69, 9.17) is 4.74 Å². The highest BCUT2D eigenvalue weighted by atomic mass is 32.2. The molecular weight excluding hydrogens is 200 g/mol. The van der Waals surface area contributed by atoms with Gasteiger partial charge in [-0.1, -0.05) is 0 Å². The highest BCUT2D eigenvalue weighted by molar-refractivity contribution is 8.00. The summed E-state index contributed by atoms with van der Waals surface area (Å²) < 4.78 is 4.86. The van der Waals surface area contributed by atoms with Crippen molar-refractivity contribution in [2.75, 3.05) is 5.75 Å². The molecule has 1 atom stereocenters. The summed E-state index contributed by atoms with van der Waals surface area (Å²) in [6, 6.07) is 0. The second-order valence-electron chi connectivity index (χ2n) is 3.26. The number of carbonyl (C=O) groups is 2. The molecule has 0 spiro atoms. The molecule has 1 aliphatic carbocycles. The zero-order chi connectivity index (χ0) is 10.4. The number of thioether (sulfide) groups is 1. The van der Waals surface area contributed by atoms with E-state index in [0.717, 1.165) is 19.1 Å². The second kappa shape index (κ2) is 5.86. The summed E-state index contributed by atoms with van der Waals surface area (Å²) in [4.78, 5) is 21.3. The van der Waals surface area contributed by atoms with Crippen LogP contribution < -0.4 is 0 Å². The van der Waals surface area contributed by atoms with E-state index < -0.39 is 0 Å². The number of aldehydes is 1. The number of carbonyl (C=O) groups excluding carboxylic acids is 2. The van der Waals surface area contributed by atoms with E-state index in [1.807, 2.05) is 6.92 Å². The Hall–Kier alpha value is -0.770. The lowest BCUT2D eigenvalue weighted by Gasteiger charge is -1.98. The van der Waals surface area contributed by atoms with Crippen molar-refractivity contribution in [2.24, 2.45) is 5.92 Å². The summed E-state index contributed by atoms with van der Waals surface area (Å²) in [6.45, 7) is 1.84. The molecule has 0 heterocycles. The number of hydrogen-bond acceptors (Lipinski definition) is 4. The Labute approximate surface area is 87.9 Å². The largest absolute Gasteiger partial charge is 0.435 e. The predicted octanol–water partition coefficient (Wildman–Crippen LogP) is 1.77. The van der Waals surface area contributed by atoms with E-state index in [1.54, 1.807) is 6.08 Å². The summed E-state index contributed by atoms with van der Waals surface area (Å²) >= 11 is 1.51. The van der Waals surface area contributed by atoms with Gasteiger partial charge in [-0.3, -0.25) is 4.79 Å². The average molecular weight is 214 g/mol. The Morgan fingerprint density at radius 2 is 2.36 bits per heavy atom. The zero-order valence-electron chi connectivity index (χ0n) is 8.14. The smallest absolute Gasteiger partial charge is 0.313 e. The van der Waals surface area contributed by atoms with Gasteiger partial charge in [-0.15, -0.1) is 11.8 Å². The summed E-state index contributed by atoms with van der Waals surface area (Å²) in [5.74, 6) is 0.702. The molecule has 1 aliphatic rings. The first kappa shape index (κ1) is 11.3. The second-order valence-corrected chi connectivity index (χ2v) is 4.67. The summed E-state index contributed by atoms with van der Waals surface area (Å²) in [6.07, 6.45) is 6.00. The van der Waals surface area contributed by atoms with Crippen LogP contribution in [0.25, 0.3) is 0 Å². The minimum Gasteiger partial charge on any atom is -0.435 e. The van der Waals surface area contributed by atoms with Crippen LogP contribution in [0.3, 0.4) is 0 Å². The molecule has 4 heteroatoms. The van der Waals surface area contributed by atoms with Gasteiger partial charge in [0.15, 0.2) is 0 Å². The topological polar surface area (TPSA) is 43.4 Å². The van der Waals surface area contributed by atoms with E-state index in [9.17, 15) is 9.59 Å². The monoisotopic (exact) mass is 214 g/mol. The third kappa shape index (κ3) is 4.46. The molecule has 0 saturated heterocycles. The fraction of sp³-hybridized carbons (Fsp3) is 0.600. The first-order chi connectivity index (χ1) is 6.74. The SMILES string of the molecule is CC(C=O)SC/C=C/OC(=O)C1CC1. The molecule has 1 saturated carbocycles. The van der Waals surface area contributed by atoms with Gasteiger partial charge in [0.1, 0.15) is 6.29 Å². The lowest BCUT2D eigenvalue weighted by molar-refractivity contribution is -0.139. The molecule has 1 rings (SSSR count). The molecule has 0 aromatic rings. The molecule has 0 radical (unpaired) electrons. The third-order valence-electron chi connectivity index (χ3n) is 1.84. The van der Waals surface area contributed by atoms with Gasteiger partial charge in [0.25, 0.3) is 0 Å². The fourth-order valence-corrected chi connectivity index (χ4v) is 1.39. The van der Waals surface area contributed by atoms with E-state index in [-0.39, 0.29) is 17.1 Å². The number of hydrogen-bond donors (Lipinski definition) is 0. The van der Waals surface area contributed by atoms with Crippen molar-refractivity contribution in [3.05, 3.63) is 12.3 Å². The van der Waals surface area contributed by atoms with Gasteiger partial charge in [-0.25, -0.2) is 0 Å². The quantitative estimate of drug-likeness (QED) is 0.384. The predicted molar refractivity (Wildman–Crippen MR) is 55.9 cm³/mol. The molecule has 0 aliphatic heterocycles. The highest BCUT2D eigenvalue weighted by Crippen LogP contribution is 2.30. The minimum atomic E-state index is -0.130. The van der Waals surface area contributed by atoms with Gasteiger partial charge in [0.2, 0.25) is 0 Å². The van der Waals surface area contributed by atoms with Crippen LogP contribution in [0.1, 0.15) is 19.8 Å². The standard InChI is InChI=1S/C10H14O3S/c1-8(7-11)14-6-2-5-13-10(12)9-3-4-9/h2,5,7-9H,3-4,6H2,1H3/b5-2+. The maximum Gasteiger partial charge on any atom is 0.313 e. The Morgan fingerprint density at radius 1 is 1.64 bits per heavy atom. The van der Waals surface area contributed by atoms with Gasteiger partial charge in [-0.2, -0.15) is 0 Å². The van der Waals surface area contributed by atoms with Crippen molar-refractivity contribution in [2.45, 2.75) is 25.0 Å². The van der Waals surface area contributed by atoms with Crippen molar-refractivity contribution in [1.82, 2.24) is 0 Å². The van der Waals surface area contributed by atoms with Crippen LogP contribution in [0.5, 0.6) is 0 Å². The Kier molecular flexibility index (Phi) is 4.73. The molecule has 78 valence electrons. The van der Waals surface area contributed by atoms with E-state index >= 15 is 0 Å². The van der Waals surface area contributed by atoms with Crippen molar-refractivity contribution in [1.29, 1.82) is 0 Å². The summed E-state index contributed by atoms with van der Waals surface area (Å²) in [5.41, 5.74) is 0. The van der Waals surface area contributed by atoms with Crippen LogP contribution in [-0.2, 0) is 14.3 Å². The van der Waals surface area contributed by atoms with Crippen molar-refractivity contribution in [3.8, 4) is 0 Å². The molecule has 0 bridgehead atoms. The summed E-state index contributed by atoms with van der Waals surface area (Å²) in [5, 5.41) is -0.00113. The first-order valence-electron chi connectivity index (χ1n) is 4.66. The van der Waals surface area contributed by atoms with Crippen molar-refractivity contribution >= 4 is 24.0 Å². The maximum atomic E-state index is 11.0. The Bertz CT molecular complexity index is 234. The summed E-state index contributed by atoms with van der Waals surface area (Å²) in [7, 11) is 0. The van der Waals surface area contributed by atoms with E-state index in [2.05, 4.69) is 0 Å². The molecule has 14 heavy (non-hydrogen) atoms. The molecule has 3 nitrogen and oxygen atoms in total. The van der Waals surface area contributed by atoms with Crippen LogP contribution in [0, 0.1) is 5.92 Å². The fourth-order valence-electron chi connectivity index (χ4n) is 0.816. The lowest BCUT2D eigenvalue weighted by Crippen LogP contribution is -2.01. The van der Waals surface area contributed by atoms with Gasteiger partial charge in [0.05, 0.1) is 17.4 Å². The van der Waals surface area contributed by atoms with Crippen LogP contribution in [-0.4, -0.2) is 23.3 Å². The Morgan fingerprint density at radius 3 is 2.93 bits per heavy atom. The zero-order valence-corrected chi connectivity index (χ0v) is 8.96. The van der Waals surface area contributed by atoms with Gasteiger partial charge in [0, 0.05) is 5.75 Å². The maximum absolute atomic E-state index is 11.0. The lowest BCUT2D eigenvalue weighted by atomic mass is 10.4. The van der Waals surface area contributed by atoms with Crippen LogP contribution in [0.2, 0.25) is 0 Å². The van der Waals surface area contributed by atoms with E-state index in [1.165, 1.54) is 18.0 Å². The molecule has 1 fully saturated rings. The van der Waals surface area contributed by atoms with Crippen LogP contribution in [0.4, 0.5) is 0 Å². The van der Waals surface area contributed by atoms with Gasteiger partial charge >= 0.3 is 5.97 Å². The Balaban J connectivity index is 2.02. The van der Waals surface area contributed by atoms with Crippen LogP contribution in [0.15, 0.2) is 12.3 Å². The normalized spacial score (nSPS) is 18.1. The highest BCUT2D eigenvalue weighted by Gasteiger charge is 2.30.